The molecule has 0 N–H and O–H groups in total. The molecule has 0 heteroatoms. The molecule has 1 aromatic rings. The standard InChI is InChI=1S/C12H14/c1-3-8-12(2)9-10-6-4-5-7-11(10)12/h3-7H,1,8-9H2,2H3/t12-/m1/s1. The van der Waals surface area contributed by atoms with Crippen LogP contribution in [-0.4, -0.2) is 0 Å². The smallest absolute Gasteiger partial charge is 0.000222 e. The molecule has 0 bridgehead atoms. The minimum absolute atomic E-state index is 0.387. The minimum Gasteiger partial charge on any atom is -0.103 e. The summed E-state index contributed by atoms with van der Waals surface area (Å²) in [7, 11) is 0. The lowest BCUT2D eigenvalue weighted by Gasteiger charge is -2.40. The van der Waals surface area contributed by atoms with Crippen molar-refractivity contribution in [3.05, 3.63) is 48.0 Å². The van der Waals surface area contributed by atoms with Crippen LogP contribution in [0.4, 0.5) is 0 Å². The van der Waals surface area contributed by atoms with Crippen LogP contribution in [0.15, 0.2) is 36.9 Å². The average Bonchev–Trinajstić information content (AvgIpc) is 2.04. The second-order valence-corrected chi connectivity index (χ2v) is 3.89. The summed E-state index contributed by atoms with van der Waals surface area (Å²) in [4.78, 5) is 0. The van der Waals surface area contributed by atoms with Crippen LogP contribution in [-0.2, 0) is 11.8 Å². The lowest BCUT2D eigenvalue weighted by atomic mass is 9.63. The van der Waals surface area contributed by atoms with E-state index >= 15 is 0 Å². The number of hydrogen-bond acceptors (Lipinski definition) is 0. The average molecular weight is 158 g/mol. The van der Waals surface area contributed by atoms with Gasteiger partial charge in [0, 0.05) is 5.41 Å². The van der Waals surface area contributed by atoms with Crippen LogP contribution in [0, 0.1) is 0 Å². The lowest BCUT2D eigenvalue weighted by Crippen LogP contribution is -2.34. The van der Waals surface area contributed by atoms with Crippen LogP contribution in [0.25, 0.3) is 0 Å². The van der Waals surface area contributed by atoms with Crippen molar-refractivity contribution in [1.82, 2.24) is 0 Å². The van der Waals surface area contributed by atoms with Crippen molar-refractivity contribution in [2.75, 3.05) is 0 Å². The largest absolute Gasteiger partial charge is 0.103 e. The van der Waals surface area contributed by atoms with Crippen molar-refractivity contribution >= 4 is 0 Å². The Hall–Kier alpha value is -1.04. The SMILES string of the molecule is C=CC[C@]1(C)Cc2ccccc21. The Morgan fingerprint density at radius 3 is 2.92 bits per heavy atom. The van der Waals surface area contributed by atoms with Gasteiger partial charge in [-0.3, -0.25) is 0 Å². The molecule has 1 aliphatic rings. The first-order valence-corrected chi connectivity index (χ1v) is 4.45. The van der Waals surface area contributed by atoms with E-state index in [2.05, 4.69) is 37.8 Å². The fourth-order valence-electron chi connectivity index (χ4n) is 2.17. The van der Waals surface area contributed by atoms with E-state index in [0.29, 0.717) is 5.41 Å². The first-order valence-electron chi connectivity index (χ1n) is 4.45. The number of allylic oxidation sites excluding steroid dienone is 1. The molecule has 1 aromatic carbocycles. The summed E-state index contributed by atoms with van der Waals surface area (Å²) < 4.78 is 0. The highest BCUT2D eigenvalue weighted by atomic mass is 14.4. The maximum absolute atomic E-state index is 3.80. The second-order valence-electron chi connectivity index (χ2n) is 3.89. The minimum atomic E-state index is 0.387. The third-order valence-electron chi connectivity index (χ3n) is 2.84. The van der Waals surface area contributed by atoms with E-state index < -0.39 is 0 Å². The molecule has 0 spiro atoms. The van der Waals surface area contributed by atoms with Gasteiger partial charge in [-0.05, 0) is 24.0 Å². The zero-order chi connectivity index (χ0) is 8.60. The van der Waals surface area contributed by atoms with Crippen molar-refractivity contribution in [1.29, 1.82) is 0 Å². The molecule has 0 saturated heterocycles. The van der Waals surface area contributed by atoms with E-state index in [1.807, 2.05) is 6.08 Å². The molecule has 2 rings (SSSR count). The van der Waals surface area contributed by atoms with Crippen LogP contribution < -0.4 is 0 Å². The van der Waals surface area contributed by atoms with Crippen LogP contribution in [0.1, 0.15) is 24.5 Å². The summed E-state index contributed by atoms with van der Waals surface area (Å²) in [5.41, 5.74) is 3.42. The van der Waals surface area contributed by atoms with Gasteiger partial charge in [0.05, 0.1) is 0 Å². The topological polar surface area (TPSA) is 0 Å². The van der Waals surface area contributed by atoms with Gasteiger partial charge < -0.3 is 0 Å². The molecule has 0 unspecified atom stereocenters. The van der Waals surface area contributed by atoms with Crippen LogP contribution >= 0.6 is 0 Å². The Labute approximate surface area is 73.9 Å². The molecule has 0 saturated carbocycles. The summed E-state index contributed by atoms with van der Waals surface area (Å²) >= 11 is 0. The highest BCUT2D eigenvalue weighted by Gasteiger charge is 2.36. The van der Waals surface area contributed by atoms with Crippen molar-refractivity contribution in [2.45, 2.75) is 25.2 Å². The molecule has 1 aliphatic carbocycles. The zero-order valence-electron chi connectivity index (χ0n) is 7.51. The first kappa shape index (κ1) is 7.60. The molecule has 0 radical (unpaired) electrons. The van der Waals surface area contributed by atoms with E-state index in [4.69, 9.17) is 0 Å². The molecule has 0 nitrogen and oxygen atoms in total. The van der Waals surface area contributed by atoms with Crippen molar-refractivity contribution in [3.63, 3.8) is 0 Å². The summed E-state index contributed by atoms with van der Waals surface area (Å²) in [5.74, 6) is 0. The fourth-order valence-corrected chi connectivity index (χ4v) is 2.17. The third kappa shape index (κ3) is 0.911. The Morgan fingerprint density at radius 2 is 2.25 bits per heavy atom. The van der Waals surface area contributed by atoms with Crippen molar-refractivity contribution in [2.24, 2.45) is 0 Å². The number of benzene rings is 1. The van der Waals surface area contributed by atoms with E-state index in [0.717, 1.165) is 6.42 Å². The Morgan fingerprint density at radius 1 is 1.50 bits per heavy atom. The van der Waals surface area contributed by atoms with Crippen molar-refractivity contribution < 1.29 is 0 Å². The van der Waals surface area contributed by atoms with E-state index in [1.165, 1.54) is 17.5 Å². The van der Waals surface area contributed by atoms with Gasteiger partial charge in [-0.1, -0.05) is 37.3 Å². The van der Waals surface area contributed by atoms with Crippen LogP contribution in [0.3, 0.4) is 0 Å². The quantitative estimate of drug-likeness (QED) is 0.580. The monoisotopic (exact) mass is 158 g/mol. The van der Waals surface area contributed by atoms with Crippen LogP contribution in [0.5, 0.6) is 0 Å². The molecule has 0 amide bonds. The van der Waals surface area contributed by atoms with Gasteiger partial charge in [0.1, 0.15) is 0 Å². The Bertz CT molecular complexity index is 312. The molecular formula is C12H14. The molecule has 0 aromatic heterocycles. The first-order chi connectivity index (χ1) is 5.76. The molecule has 12 heavy (non-hydrogen) atoms. The maximum Gasteiger partial charge on any atom is 0.000222 e. The van der Waals surface area contributed by atoms with Crippen molar-refractivity contribution in [3.8, 4) is 0 Å². The molecular weight excluding hydrogens is 144 g/mol. The maximum atomic E-state index is 3.80. The number of fused-ring (bicyclic) bond motifs is 1. The molecule has 0 aliphatic heterocycles. The van der Waals surface area contributed by atoms with Gasteiger partial charge in [0.25, 0.3) is 0 Å². The summed E-state index contributed by atoms with van der Waals surface area (Å²) in [6.45, 7) is 6.12. The summed E-state index contributed by atoms with van der Waals surface area (Å²) in [6.07, 6.45) is 4.34. The number of rotatable bonds is 2. The Balaban J connectivity index is 2.34. The Kier molecular flexibility index (Phi) is 1.57. The normalized spacial score (nSPS) is 25.8. The lowest BCUT2D eigenvalue weighted by molar-refractivity contribution is 0.415. The van der Waals surface area contributed by atoms with E-state index in [1.54, 1.807) is 0 Å². The molecule has 62 valence electrons. The van der Waals surface area contributed by atoms with Gasteiger partial charge in [-0.15, -0.1) is 6.58 Å². The number of hydrogen-bond donors (Lipinski definition) is 0. The predicted octanol–water partition coefficient (Wildman–Crippen LogP) is 3.08. The highest BCUT2D eigenvalue weighted by Crippen LogP contribution is 2.43. The van der Waals surface area contributed by atoms with Crippen LogP contribution in [0.2, 0.25) is 0 Å². The van der Waals surface area contributed by atoms with E-state index in [9.17, 15) is 0 Å². The fraction of sp³-hybridized carbons (Fsp3) is 0.333. The van der Waals surface area contributed by atoms with Gasteiger partial charge in [0.15, 0.2) is 0 Å². The second kappa shape index (κ2) is 2.48. The predicted molar refractivity (Wildman–Crippen MR) is 52.3 cm³/mol. The van der Waals surface area contributed by atoms with E-state index in [-0.39, 0.29) is 0 Å². The molecule has 0 heterocycles. The van der Waals surface area contributed by atoms with Gasteiger partial charge in [0.2, 0.25) is 0 Å². The zero-order valence-corrected chi connectivity index (χ0v) is 7.51. The molecule has 0 fully saturated rings. The summed E-state index contributed by atoms with van der Waals surface area (Å²) in [6, 6.07) is 8.70. The van der Waals surface area contributed by atoms with Gasteiger partial charge in [-0.2, -0.15) is 0 Å². The van der Waals surface area contributed by atoms with Gasteiger partial charge in [-0.25, -0.2) is 0 Å². The van der Waals surface area contributed by atoms with Gasteiger partial charge >= 0.3 is 0 Å². The highest BCUT2D eigenvalue weighted by molar-refractivity contribution is 5.44. The summed E-state index contributed by atoms with van der Waals surface area (Å²) in [5, 5.41) is 0. The molecule has 1 atom stereocenters. The third-order valence-corrected chi connectivity index (χ3v) is 2.84.